The molecule has 3 aromatic rings. The van der Waals surface area contributed by atoms with Gasteiger partial charge in [-0.2, -0.15) is 0 Å². The molecule has 0 atom stereocenters. The van der Waals surface area contributed by atoms with E-state index in [9.17, 15) is 9.59 Å². The van der Waals surface area contributed by atoms with E-state index in [1.54, 1.807) is 6.07 Å². The first kappa shape index (κ1) is 21.6. The van der Waals surface area contributed by atoms with Crippen molar-refractivity contribution in [2.45, 2.75) is 33.2 Å². The molecule has 6 heteroatoms. The normalized spacial score (nSPS) is 11.1. The largest absolute Gasteiger partial charge is 0.493 e. The zero-order valence-corrected chi connectivity index (χ0v) is 18.0. The van der Waals surface area contributed by atoms with Gasteiger partial charge in [-0.05, 0) is 63.3 Å². The number of aryl methyl sites for hydroxylation is 1. The minimum atomic E-state index is -0.657. The third-order valence-corrected chi connectivity index (χ3v) is 4.72. The van der Waals surface area contributed by atoms with Gasteiger partial charge in [0.15, 0.2) is 0 Å². The highest BCUT2D eigenvalue weighted by Crippen LogP contribution is 2.29. The molecule has 0 bridgehead atoms. The Hall–Kier alpha value is -3.12. The Morgan fingerprint density at radius 1 is 1.10 bits per heavy atom. The molecule has 2 aromatic carbocycles. The maximum atomic E-state index is 12.7. The lowest BCUT2D eigenvalue weighted by Gasteiger charge is -2.12. The second-order valence-electron chi connectivity index (χ2n) is 7.48. The van der Waals surface area contributed by atoms with Crippen LogP contribution in [0.2, 0.25) is 0 Å². The number of amides is 1. The number of rotatable bonds is 8. The fraction of sp³-hybridized carbons (Fsp3) is 0.333. The van der Waals surface area contributed by atoms with Gasteiger partial charge in [-0.15, -0.1) is 0 Å². The SMILES string of the molecule is CCCc1c(OCC)ccc2cc(C(=O)Nc3ccc(CN(C)C)cc3)c(=O)oc12. The standard InChI is InChI=1S/C24H28N2O4/c1-5-7-19-21(29-6-2)13-10-17-14-20(24(28)30-22(17)19)23(27)25-18-11-8-16(9-12-18)15-26(3)4/h8-14H,5-7,15H2,1-4H3,(H,25,27). The van der Waals surface area contributed by atoms with Gasteiger partial charge in [0.2, 0.25) is 0 Å². The molecule has 3 rings (SSSR count). The van der Waals surface area contributed by atoms with Crippen LogP contribution in [0.1, 0.15) is 41.8 Å². The maximum Gasteiger partial charge on any atom is 0.349 e. The van der Waals surface area contributed by atoms with Crippen LogP contribution >= 0.6 is 0 Å². The van der Waals surface area contributed by atoms with Crippen LogP contribution in [-0.4, -0.2) is 31.5 Å². The number of nitrogens with one attached hydrogen (secondary N) is 1. The molecule has 0 spiro atoms. The summed E-state index contributed by atoms with van der Waals surface area (Å²) < 4.78 is 11.3. The highest BCUT2D eigenvalue weighted by molar-refractivity contribution is 6.05. The molecular weight excluding hydrogens is 380 g/mol. The van der Waals surface area contributed by atoms with Gasteiger partial charge in [0, 0.05) is 23.2 Å². The molecule has 158 valence electrons. The number of nitrogens with zero attached hydrogens (tertiary/aromatic N) is 1. The van der Waals surface area contributed by atoms with Gasteiger partial charge >= 0.3 is 5.63 Å². The monoisotopic (exact) mass is 408 g/mol. The fourth-order valence-electron chi connectivity index (χ4n) is 3.42. The predicted molar refractivity (Wildman–Crippen MR) is 119 cm³/mol. The number of benzene rings is 2. The number of hydrogen-bond acceptors (Lipinski definition) is 5. The number of hydrogen-bond donors (Lipinski definition) is 1. The molecule has 1 amide bonds. The summed E-state index contributed by atoms with van der Waals surface area (Å²) in [7, 11) is 4.00. The van der Waals surface area contributed by atoms with Crippen LogP contribution in [0.15, 0.2) is 51.7 Å². The molecule has 1 aromatic heterocycles. The molecule has 0 saturated carbocycles. The molecule has 0 saturated heterocycles. The van der Waals surface area contributed by atoms with Crippen molar-refractivity contribution in [3.05, 3.63) is 69.6 Å². The minimum absolute atomic E-state index is 0.0218. The third-order valence-electron chi connectivity index (χ3n) is 4.72. The van der Waals surface area contributed by atoms with Crippen molar-refractivity contribution in [3.63, 3.8) is 0 Å². The van der Waals surface area contributed by atoms with Crippen LogP contribution in [0.25, 0.3) is 11.0 Å². The molecule has 6 nitrogen and oxygen atoms in total. The first-order chi connectivity index (χ1) is 14.4. The van der Waals surface area contributed by atoms with Gasteiger partial charge in [-0.25, -0.2) is 4.79 Å². The summed E-state index contributed by atoms with van der Waals surface area (Å²) in [5.74, 6) is 0.224. The summed E-state index contributed by atoms with van der Waals surface area (Å²) >= 11 is 0. The van der Waals surface area contributed by atoms with Gasteiger partial charge in [0.1, 0.15) is 16.9 Å². The molecular formula is C24H28N2O4. The first-order valence-corrected chi connectivity index (χ1v) is 10.2. The highest BCUT2D eigenvalue weighted by Gasteiger charge is 2.17. The van der Waals surface area contributed by atoms with Crippen LogP contribution in [0.4, 0.5) is 5.69 Å². The molecule has 0 radical (unpaired) electrons. The van der Waals surface area contributed by atoms with Crippen LogP contribution in [0.5, 0.6) is 5.75 Å². The van der Waals surface area contributed by atoms with Crippen LogP contribution in [-0.2, 0) is 13.0 Å². The molecule has 0 unspecified atom stereocenters. The van der Waals surface area contributed by atoms with E-state index in [4.69, 9.17) is 9.15 Å². The summed E-state index contributed by atoms with van der Waals surface area (Å²) in [5.41, 5.74) is 2.42. The molecule has 30 heavy (non-hydrogen) atoms. The number of carbonyl (C=O) groups excluding carboxylic acids is 1. The predicted octanol–water partition coefficient (Wildman–Crippen LogP) is 4.46. The van der Waals surface area contributed by atoms with Crippen LogP contribution in [0, 0.1) is 0 Å². The van der Waals surface area contributed by atoms with E-state index >= 15 is 0 Å². The van der Waals surface area contributed by atoms with E-state index in [2.05, 4.69) is 17.1 Å². The van der Waals surface area contributed by atoms with Crippen molar-refractivity contribution >= 4 is 22.6 Å². The van der Waals surface area contributed by atoms with Gasteiger partial charge in [0.05, 0.1) is 6.61 Å². The zero-order valence-electron chi connectivity index (χ0n) is 18.0. The summed E-state index contributed by atoms with van der Waals surface area (Å²) in [5, 5.41) is 3.48. The van der Waals surface area contributed by atoms with Crippen LogP contribution < -0.4 is 15.7 Å². The fourth-order valence-corrected chi connectivity index (χ4v) is 3.42. The van der Waals surface area contributed by atoms with Crippen molar-refractivity contribution in [1.29, 1.82) is 0 Å². The molecule has 1 N–H and O–H groups in total. The molecule has 0 fully saturated rings. The quantitative estimate of drug-likeness (QED) is 0.557. The molecule has 0 aliphatic carbocycles. The van der Waals surface area contributed by atoms with Crippen molar-refractivity contribution in [1.82, 2.24) is 4.90 Å². The number of ether oxygens (including phenoxy) is 1. The summed E-state index contributed by atoms with van der Waals surface area (Å²) in [6.07, 6.45) is 1.61. The Morgan fingerprint density at radius 2 is 1.83 bits per heavy atom. The number of fused-ring (bicyclic) bond motifs is 1. The van der Waals surface area contributed by atoms with Gasteiger partial charge in [-0.3, -0.25) is 4.79 Å². The topological polar surface area (TPSA) is 71.8 Å². The number of anilines is 1. The van der Waals surface area contributed by atoms with E-state index in [1.807, 2.05) is 57.4 Å². The molecule has 0 aliphatic heterocycles. The summed E-state index contributed by atoms with van der Waals surface area (Å²) in [4.78, 5) is 27.4. The average Bonchev–Trinajstić information content (AvgIpc) is 2.71. The Balaban J connectivity index is 1.90. The van der Waals surface area contributed by atoms with Crippen molar-refractivity contribution in [2.24, 2.45) is 0 Å². The second-order valence-corrected chi connectivity index (χ2v) is 7.48. The Kier molecular flexibility index (Phi) is 6.90. The van der Waals surface area contributed by atoms with E-state index in [0.717, 1.165) is 30.5 Å². The Bertz CT molecular complexity index is 1080. The van der Waals surface area contributed by atoms with Gasteiger partial charge < -0.3 is 19.4 Å². The van der Waals surface area contributed by atoms with E-state index < -0.39 is 11.5 Å². The molecule has 1 heterocycles. The first-order valence-electron chi connectivity index (χ1n) is 10.2. The smallest absolute Gasteiger partial charge is 0.349 e. The Morgan fingerprint density at radius 3 is 2.47 bits per heavy atom. The Labute approximate surface area is 176 Å². The van der Waals surface area contributed by atoms with E-state index in [0.29, 0.717) is 29.0 Å². The zero-order chi connectivity index (χ0) is 21.7. The van der Waals surface area contributed by atoms with Crippen LogP contribution in [0.3, 0.4) is 0 Å². The van der Waals surface area contributed by atoms with Gasteiger partial charge in [0.25, 0.3) is 5.91 Å². The lowest BCUT2D eigenvalue weighted by molar-refractivity contribution is 0.102. The molecule has 0 aliphatic rings. The third kappa shape index (κ3) is 4.89. The average molecular weight is 408 g/mol. The minimum Gasteiger partial charge on any atom is -0.493 e. The van der Waals surface area contributed by atoms with E-state index in [1.165, 1.54) is 0 Å². The lowest BCUT2D eigenvalue weighted by atomic mass is 10.0. The summed E-state index contributed by atoms with van der Waals surface area (Å²) in [6, 6.07) is 12.8. The van der Waals surface area contributed by atoms with Crippen molar-refractivity contribution in [3.8, 4) is 5.75 Å². The second kappa shape index (κ2) is 9.59. The number of carbonyl (C=O) groups is 1. The van der Waals surface area contributed by atoms with Gasteiger partial charge in [-0.1, -0.05) is 25.5 Å². The lowest BCUT2D eigenvalue weighted by Crippen LogP contribution is -2.21. The maximum absolute atomic E-state index is 12.7. The van der Waals surface area contributed by atoms with Crippen molar-refractivity contribution in [2.75, 3.05) is 26.0 Å². The van der Waals surface area contributed by atoms with Crippen molar-refractivity contribution < 1.29 is 13.9 Å². The summed E-state index contributed by atoms with van der Waals surface area (Å²) in [6.45, 7) is 5.31. The highest BCUT2D eigenvalue weighted by atomic mass is 16.5. The van der Waals surface area contributed by atoms with E-state index in [-0.39, 0.29) is 5.56 Å².